The first-order valence-corrected chi connectivity index (χ1v) is 9.10. The number of ether oxygens (including phenoxy) is 2. The zero-order chi connectivity index (χ0) is 21.6. The van der Waals surface area contributed by atoms with Crippen molar-refractivity contribution in [2.24, 2.45) is 0 Å². The van der Waals surface area contributed by atoms with Crippen molar-refractivity contribution < 1.29 is 27.8 Å². The van der Waals surface area contributed by atoms with Crippen LogP contribution in [0, 0.1) is 18.6 Å². The molecule has 2 N–H and O–H groups in total. The van der Waals surface area contributed by atoms with Crippen LogP contribution in [0.3, 0.4) is 0 Å². The molecule has 1 amide bonds. The molecule has 1 atom stereocenters. The Kier molecular flexibility index (Phi) is 4.77. The van der Waals surface area contributed by atoms with Gasteiger partial charge in [-0.25, -0.2) is 13.6 Å². The second-order valence-corrected chi connectivity index (χ2v) is 6.90. The average Bonchev–Trinajstić information content (AvgIpc) is 3.22. The first-order valence-electron chi connectivity index (χ1n) is 9.10. The lowest BCUT2D eigenvalue weighted by Gasteiger charge is -2.15. The number of esters is 1. The Bertz CT molecular complexity index is 1190. The van der Waals surface area contributed by atoms with Crippen LogP contribution >= 0.6 is 0 Å². The van der Waals surface area contributed by atoms with Gasteiger partial charge in [-0.05, 0) is 42.8 Å². The molecule has 8 heteroatoms. The molecule has 0 fully saturated rings. The van der Waals surface area contributed by atoms with Gasteiger partial charge in [-0.1, -0.05) is 0 Å². The predicted molar refractivity (Wildman–Crippen MR) is 106 cm³/mol. The Balaban J connectivity index is 2.04. The third-order valence-corrected chi connectivity index (χ3v) is 5.18. The first kappa shape index (κ1) is 19.6. The number of carbonyl (C=O) groups is 2. The van der Waals surface area contributed by atoms with E-state index in [4.69, 9.17) is 9.47 Å². The number of nitrogens with one attached hydrogen (secondary N) is 2. The maximum atomic E-state index is 14.0. The highest BCUT2D eigenvalue weighted by atomic mass is 19.1. The number of methoxy groups -OCH3 is 2. The third-order valence-electron chi connectivity index (χ3n) is 5.18. The van der Waals surface area contributed by atoms with E-state index in [2.05, 4.69) is 10.3 Å². The fourth-order valence-electron chi connectivity index (χ4n) is 3.90. The fourth-order valence-corrected chi connectivity index (χ4v) is 3.90. The molecular formula is C22H18F2N2O4. The molecule has 1 aliphatic rings. The lowest BCUT2D eigenvalue weighted by molar-refractivity contribution is -0.116. The quantitative estimate of drug-likeness (QED) is 0.631. The molecule has 1 aromatic heterocycles. The van der Waals surface area contributed by atoms with Crippen molar-refractivity contribution in [1.82, 2.24) is 4.98 Å². The number of aromatic nitrogens is 1. The molecule has 0 spiro atoms. The summed E-state index contributed by atoms with van der Waals surface area (Å²) in [6.45, 7) is 1.66. The molecular weight excluding hydrogens is 394 g/mol. The number of amides is 1. The maximum Gasteiger partial charge on any atom is 0.340 e. The maximum absolute atomic E-state index is 14.0. The Morgan fingerprint density at radius 3 is 2.47 bits per heavy atom. The normalized spacial score (nSPS) is 15.0. The minimum Gasteiger partial charge on any atom is -0.496 e. The lowest BCUT2D eigenvalue weighted by atomic mass is 9.87. The minimum absolute atomic E-state index is 0.163. The van der Waals surface area contributed by atoms with E-state index in [1.54, 1.807) is 6.92 Å². The summed E-state index contributed by atoms with van der Waals surface area (Å²) in [5.74, 6) is -2.83. The van der Waals surface area contributed by atoms with Crippen molar-refractivity contribution in [1.29, 1.82) is 0 Å². The summed E-state index contributed by atoms with van der Waals surface area (Å²) in [4.78, 5) is 28.6. The highest BCUT2D eigenvalue weighted by Gasteiger charge is 2.39. The summed E-state index contributed by atoms with van der Waals surface area (Å²) in [5.41, 5.74) is 2.62. The first-order chi connectivity index (χ1) is 14.3. The molecule has 0 radical (unpaired) electrons. The van der Waals surface area contributed by atoms with Gasteiger partial charge in [-0.2, -0.15) is 0 Å². The van der Waals surface area contributed by atoms with Crippen LogP contribution in [-0.4, -0.2) is 31.1 Å². The summed E-state index contributed by atoms with van der Waals surface area (Å²) in [6, 6.07) is 7.91. The number of benzene rings is 2. The van der Waals surface area contributed by atoms with E-state index in [0.29, 0.717) is 33.8 Å². The van der Waals surface area contributed by atoms with E-state index in [0.717, 1.165) is 0 Å². The zero-order valence-electron chi connectivity index (χ0n) is 16.4. The molecule has 0 bridgehead atoms. The van der Waals surface area contributed by atoms with Gasteiger partial charge in [0.1, 0.15) is 17.4 Å². The van der Waals surface area contributed by atoms with Crippen LogP contribution in [0.1, 0.15) is 33.1 Å². The van der Waals surface area contributed by atoms with Crippen LogP contribution in [-0.2, 0) is 9.53 Å². The summed E-state index contributed by atoms with van der Waals surface area (Å²) < 4.78 is 38.0. The summed E-state index contributed by atoms with van der Waals surface area (Å²) in [6.07, 6.45) is 0. The SMILES string of the molecule is COC(=O)c1c(C)[nH]c(-c2ccc(F)cc2OC)c1C1C(=O)Nc2ccc(F)cc21. The molecule has 1 unspecified atom stereocenters. The standard InChI is InChI=1S/C22H18F2N2O4/c1-10-17(22(28)30-3)19(18-14-8-11(23)5-7-15(14)26-21(18)27)20(25-10)13-6-4-12(24)9-16(13)29-2/h4-9,18,25H,1-3H3,(H,26,27). The van der Waals surface area contributed by atoms with Gasteiger partial charge >= 0.3 is 5.97 Å². The van der Waals surface area contributed by atoms with E-state index < -0.39 is 29.4 Å². The number of H-pyrrole nitrogens is 1. The lowest BCUT2D eigenvalue weighted by Crippen LogP contribution is -2.17. The number of anilines is 1. The van der Waals surface area contributed by atoms with Crippen LogP contribution in [0.5, 0.6) is 5.75 Å². The molecule has 3 aromatic rings. The van der Waals surface area contributed by atoms with Crippen molar-refractivity contribution in [2.75, 3.05) is 19.5 Å². The van der Waals surface area contributed by atoms with E-state index in [9.17, 15) is 18.4 Å². The molecule has 0 saturated carbocycles. The smallest absolute Gasteiger partial charge is 0.340 e. The number of carbonyl (C=O) groups excluding carboxylic acids is 2. The van der Waals surface area contributed by atoms with Crippen LogP contribution in [0.2, 0.25) is 0 Å². The highest BCUT2D eigenvalue weighted by Crippen LogP contribution is 2.45. The molecule has 1 aliphatic heterocycles. The molecule has 0 saturated heterocycles. The van der Waals surface area contributed by atoms with Gasteiger partial charge in [0.15, 0.2) is 0 Å². The van der Waals surface area contributed by atoms with Crippen LogP contribution < -0.4 is 10.1 Å². The van der Waals surface area contributed by atoms with Crippen LogP contribution in [0.4, 0.5) is 14.5 Å². The van der Waals surface area contributed by atoms with E-state index >= 15 is 0 Å². The number of aryl methyl sites for hydroxylation is 1. The molecule has 6 nitrogen and oxygen atoms in total. The summed E-state index contributed by atoms with van der Waals surface area (Å²) >= 11 is 0. The number of halogens is 2. The number of hydrogen-bond acceptors (Lipinski definition) is 4. The van der Waals surface area contributed by atoms with Crippen molar-refractivity contribution >= 4 is 17.6 Å². The second kappa shape index (κ2) is 7.29. The number of aromatic amines is 1. The number of rotatable bonds is 4. The molecule has 4 rings (SSSR count). The van der Waals surface area contributed by atoms with Crippen molar-refractivity contribution in [2.45, 2.75) is 12.8 Å². The second-order valence-electron chi connectivity index (χ2n) is 6.90. The van der Waals surface area contributed by atoms with Gasteiger partial charge in [0.25, 0.3) is 0 Å². The van der Waals surface area contributed by atoms with E-state index in [1.165, 1.54) is 50.6 Å². The summed E-state index contributed by atoms with van der Waals surface area (Å²) in [7, 11) is 2.63. The Labute approximate surface area is 170 Å². The van der Waals surface area contributed by atoms with Crippen molar-refractivity contribution in [3.05, 3.63) is 70.4 Å². The Morgan fingerprint density at radius 1 is 1.07 bits per heavy atom. The largest absolute Gasteiger partial charge is 0.496 e. The van der Waals surface area contributed by atoms with Gasteiger partial charge in [0.05, 0.1) is 31.4 Å². The summed E-state index contributed by atoms with van der Waals surface area (Å²) in [5, 5.41) is 2.72. The van der Waals surface area contributed by atoms with E-state index in [1.807, 2.05) is 0 Å². The molecule has 0 aliphatic carbocycles. The van der Waals surface area contributed by atoms with Crippen molar-refractivity contribution in [3.8, 4) is 17.0 Å². The molecule has 154 valence electrons. The molecule has 30 heavy (non-hydrogen) atoms. The van der Waals surface area contributed by atoms with Gasteiger partial charge in [-0.15, -0.1) is 0 Å². The topological polar surface area (TPSA) is 80.4 Å². The van der Waals surface area contributed by atoms with Crippen LogP contribution in [0.15, 0.2) is 36.4 Å². The average molecular weight is 412 g/mol. The zero-order valence-corrected chi connectivity index (χ0v) is 16.4. The van der Waals surface area contributed by atoms with Gasteiger partial charge < -0.3 is 19.8 Å². The van der Waals surface area contributed by atoms with Gasteiger partial charge in [-0.3, -0.25) is 4.79 Å². The third kappa shape index (κ3) is 3.01. The Hall–Kier alpha value is -3.68. The molecule has 2 heterocycles. The van der Waals surface area contributed by atoms with Crippen molar-refractivity contribution in [3.63, 3.8) is 0 Å². The predicted octanol–water partition coefficient (Wildman–Crippen LogP) is 4.15. The monoisotopic (exact) mass is 412 g/mol. The van der Waals surface area contributed by atoms with Gasteiger partial charge in [0, 0.05) is 28.6 Å². The fraction of sp³-hybridized carbons (Fsp3) is 0.182. The number of fused-ring (bicyclic) bond motifs is 1. The molecule has 2 aromatic carbocycles. The van der Waals surface area contributed by atoms with Crippen LogP contribution in [0.25, 0.3) is 11.3 Å². The highest BCUT2D eigenvalue weighted by molar-refractivity contribution is 6.08. The van der Waals surface area contributed by atoms with Gasteiger partial charge in [0.2, 0.25) is 5.91 Å². The Morgan fingerprint density at radius 2 is 1.77 bits per heavy atom. The minimum atomic E-state index is -0.973. The van der Waals surface area contributed by atoms with E-state index in [-0.39, 0.29) is 11.3 Å². The number of hydrogen-bond donors (Lipinski definition) is 2.